The van der Waals surface area contributed by atoms with Crippen LogP contribution in [-0.4, -0.2) is 16.1 Å². The van der Waals surface area contributed by atoms with E-state index in [0.29, 0.717) is 0 Å². The van der Waals surface area contributed by atoms with Crippen molar-refractivity contribution in [1.82, 2.24) is 4.98 Å². The molecule has 1 aromatic carbocycles. The van der Waals surface area contributed by atoms with Gasteiger partial charge in [-0.25, -0.2) is 4.79 Å². The second kappa shape index (κ2) is 4.45. The summed E-state index contributed by atoms with van der Waals surface area (Å²) in [5, 5.41) is 8.76. The van der Waals surface area contributed by atoms with Gasteiger partial charge in [0.15, 0.2) is 0 Å². The monoisotopic (exact) mass is 277 g/mol. The number of carboxylic acids is 1. The van der Waals surface area contributed by atoms with Crippen molar-refractivity contribution in [3.05, 3.63) is 52.6 Å². The lowest BCUT2D eigenvalue weighted by atomic mass is 10.1. The van der Waals surface area contributed by atoms with Crippen LogP contribution in [0.1, 0.15) is 10.4 Å². The maximum atomic E-state index is 10.7. The molecule has 0 atom stereocenters. The van der Waals surface area contributed by atoms with Gasteiger partial charge >= 0.3 is 5.97 Å². The van der Waals surface area contributed by atoms with Crippen molar-refractivity contribution in [2.45, 2.75) is 0 Å². The highest BCUT2D eigenvalue weighted by Crippen LogP contribution is 2.19. The van der Waals surface area contributed by atoms with Crippen molar-refractivity contribution in [2.24, 2.45) is 0 Å². The van der Waals surface area contributed by atoms with E-state index in [4.69, 9.17) is 5.11 Å². The lowest BCUT2D eigenvalue weighted by Crippen LogP contribution is -1.95. The number of aromatic nitrogens is 1. The van der Waals surface area contributed by atoms with Crippen LogP contribution in [0, 0.1) is 0 Å². The number of carboxylic acid groups (broad SMARTS) is 1. The van der Waals surface area contributed by atoms with Crippen LogP contribution in [0.25, 0.3) is 11.3 Å². The van der Waals surface area contributed by atoms with E-state index in [9.17, 15) is 4.79 Å². The summed E-state index contributed by atoms with van der Waals surface area (Å²) in [4.78, 5) is 14.9. The van der Waals surface area contributed by atoms with Crippen LogP contribution in [-0.2, 0) is 0 Å². The molecule has 3 nitrogen and oxygen atoms in total. The van der Waals surface area contributed by atoms with E-state index in [1.807, 2.05) is 12.1 Å². The Morgan fingerprint density at radius 3 is 2.31 bits per heavy atom. The van der Waals surface area contributed by atoms with Crippen molar-refractivity contribution in [1.29, 1.82) is 0 Å². The molecule has 0 fully saturated rings. The average molecular weight is 278 g/mol. The number of nitrogens with zero attached hydrogens (tertiary/aromatic N) is 1. The largest absolute Gasteiger partial charge is 0.478 e. The third kappa shape index (κ3) is 2.28. The van der Waals surface area contributed by atoms with Gasteiger partial charge < -0.3 is 5.11 Å². The fourth-order valence-electron chi connectivity index (χ4n) is 1.33. The maximum Gasteiger partial charge on any atom is 0.335 e. The summed E-state index contributed by atoms with van der Waals surface area (Å²) in [5.74, 6) is -0.921. The highest BCUT2D eigenvalue weighted by molar-refractivity contribution is 9.10. The predicted molar refractivity (Wildman–Crippen MR) is 64.3 cm³/mol. The zero-order valence-corrected chi connectivity index (χ0v) is 9.81. The molecule has 0 radical (unpaired) electrons. The number of benzene rings is 1. The first-order valence-electron chi connectivity index (χ1n) is 4.62. The van der Waals surface area contributed by atoms with Crippen LogP contribution in [0.15, 0.2) is 47.1 Å². The average Bonchev–Trinajstić information content (AvgIpc) is 2.30. The molecule has 0 aliphatic carbocycles. The molecule has 1 aromatic heterocycles. The second-order valence-corrected chi connectivity index (χ2v) is 4.16. The van der Waals surface area contributed by atoms with Crippen LogP contribution >= 0.6 is 15.9 Å². The molecule has 2 aromatic rings. The quantitative estimate of drug-likeness (QED) is 0.917. The van der Waals surface area contributed by atoms with Crippen molar-refractivity contribution in [3.63, 3.8) is 0 Å². The molecule has 2 rings (SSSR count). The van der Waals surface area contributed by atoms with E-state index in [2.05, 4.69) is 20.9 Å². The van der Waals surface area contributed by atoms with E-state index in [1.54, 1.807) is 30.5 Å². The Hall–Kier alpha value is -1.68. The van der Waals surface area contributed by atoms with Crippen LogP contribution in [0.4, 0.5) is 0 Å². The third-order valence-corrected chi connectivity index (χ3v) is 2.62. The van der Waals surface area contributed by atoms with Crippen molar-refractivity contribution >= 4 is 21.9 Å². The molecule has 1 heterocycles. The molecule has 1 N–H and O–H groups in total. The molecule has 0 aliphatic heterocycles. The molecular weight excluding hydrogens is 270 g/mol. The molecule has 80 valence electrons. The van der Waals surface area contributed by atoms with Crippen LogP contribution in [0.2, 0.25) is 0 Å². The standard InChI is InChI=1S/C12H8BrNO2/c13-10-5-6-11(14-7-10)8-1-3-9(4-2-8)12(15)16/h1-7H,(H,15,16). The van der Waals surface area contributed by atoms with Crippen LogP contribution < -0.4 is 0 Å². The van der Waals surface area contributed by atoms with Crippen molar-refractivity contribution in [3.8, 4) is 11.3 Å². The normalized spacial score (nSPS) is 10.1. The van der Waals surface area contributed by atoms with Crippen LogP contribution in [0.3, 0.4) is 0 Å². The Morgan fingerprint density at radius 1 is 1.12 bits per heavy atom. The van der Waals surface area contributed by atoms with Gasteiger partial charge in [0.1, 0.15) is 0 Å². The Bertz CT molecular complexity index is 506. The summed E-state index contributed by atoms with van der Waals surface area (Å²) in [6, 6.07) is 10.4. The number of halogens is 1. The van der Waals surface area contributed by atoms with Crippen molar-refractivity contribution < 1.29 is 9.90 Å². The van der Waals surface area contributed by atoms with E-state index in [-0.39, 0.29) is 5.56 Å². The van der Waals surface area contributed by atoms with Gasteiger partial charge in [0.2, 0.25) is 0 Å². The molecule has 0 saturated heterocycles. The molecule has 0 unspecified atom stereocenters. The molecular formula is C12H8BrNO2. The highest BCUT2D eigenvalue weighted by atomic mass is 79.9. The molecule has 0 aliphatic rings. The molecule has 0 saturated carbocycles. The number of hydrogen-bond donors (Lipinski definition) is 1. The van der Waals surface area contributed by atoms with E-state index in [1.165, 1.54) is 0 Å². The van der Waals surface area contributed by atoms with Gasteiger partial charge in [0, 0.05) is 16.2 Å². The lowest BCUT2D eigenvalue weighted by molar-refractivity contribution is 0.0697. The van der Waals surface area contributed by atoms with Gasteiger partial charge in [0.05, 0.1) is 11.3 Å². The van der Waals surface area contributed by atoms with E-state index in [0.717, 1.165) is 15.7 Å². The Balaban J connectivity index is 2.34. The zero-order valence-electron chi connectivity index (χ0n) is 8.22. The number of pyridine rings is 1. The number of aromatic carboxylic acids is 1. The summed E-state index contributed by atoms with van der Waals surface area (Å²) in [6.45, 7) is 0. The summed E-state index contributed by atoms with van der Waals surface area (Å²) in [6.07, 6.45) is 1.71. The van der Waals surface area contributed by atoms with E-state index < -0.39 is 5.97 Å². The predicted octanol–water partition coefficient (Wildman–Crippen LogP) is 3.21. The summed E-state index contributed by atoms with van der Waals surface area (Å²) in [5.41, 5.74) is 2.00. The maximum absolute atomic E-state index is 10.7. The minimum absolute atomic E-state index is 0.279. The Morgan fingerprint density at radius 2 is 1.81 bits per heavy atom. The Labute approximate surface area is 101 Å². The topological polar surface area (TPSA) is 50.2 Å². The highest BCUT2D eigenvalue weighted by Gasteiger charge is 2.03. The number of rotatable bonds is 2. The van der Waals surface area contributed by atoms with E-state index >= 15 is 0 Å². The van der Waals surface area contributed by atoms with Crippen molar-refractivity contribution in [2.75, 3.05) is 0 Å². The van der Waals surface area contributed by atoms with Gasteiger partial charge in [-0.2, -0.15) is 0 Å². The Kier molecular flexibility index (Phi) is 3.01. The molecule has 16 heavy (non-hydrogen) atoms. The fourth-order valence-corrected chi connectivity index (χ4v) is 1.56. The van der Waals surface area contributed by atoms with Gasteiger partial charge in [-0.1, -0.05) is 12.1 Å². The smallest absolute Gasteiger partial charge is 0.335 e. The minimum atomic E-state index is -0.921. The number of hydrogen-bond acceptors (Lipinski definition) is 2. The first-order chi connectivity index (χ1) is 7.66. The summed E-state index contributed by atoms with van der Waals surface area (Å²) >= 11 is 3.31. The lowest BCUT2D eigenvalue weighted by Gasteiger charge is -2.01. The minimum Gasteiger partial charge on any atom is -0.478 e. The molecule has 0 amide bonds. The summed E-state index contributed by atoms with van der Waals surface area (Å²) < 4.78 is 0.915. The summed E-state index contributed by atoms with van der Waals surface area (Å²) in [7, 11) is 0. The molecule has 0 spiro atoms. The second-order valence-electron chi connectivity index (χ2n) is 3.24. The third-order valence-electron chi connectivity index (χ3n) is 2.16. The molecule has 0 bridgehead atoms. The van der Waals surface area contributed by atoms with Gasteiger partial charge in [-0.3, -0.25) is 4.98 Å². The SMILES string of the molecule is O=C(O)c1ccc(-c2ccc(Br)cn2)cc1. The first-order valence-corrected chi connectivity index (χ1v) is 5.41. The first kappa shape index (κ1) is 10.8. The fraction of sp³-hybridized carbons (Fsp3) is 0. The zero-order chi connectivity index (χ0) is 11.5. The molecule has 4 heteroatoms. The van der Waals surface area contributed by atoms with Crippen LogP contribution in [0.5, 0.6) is 0 Å². The van der Waals surface area contributed by atoms with Gasteiger partial charge in [0.25, 0.3) is 0 Å². The van der Waals surface area contributed by atoms with Gasteiger partial charge in [-0.15, -0.1) is 0 Å². The number of carbonyl (C=O) groups is 1. The van der Waals surface area contributed by atoms with Gasteiger partial charge in [-0.05, 0) is 40.2 Å².